The summed E-state index contributed by atoms with van der Waals surface area (Å²) in [4.78, 5) is 66.7. The Balaban J connectivity index is 1.60. The molecule has 3 atom stereocenters. The van der Waals surface area contributed by atoms with Crippen LogP contribution in [0.3, 0.4) is 0 Å². The molecule has 2 aliphatic heterocycles. The summed E-state index contributed by atoms with van der Waals surface area (Å²) < 4.78 is 17.0. The summed E-state index contributed by atoms with van der Waals surface area (Å²) in [5, 5.41) is -0.400. The molecule has 3 heterocycles. The van der Waals surface area contributed by atoms with Crippen LogP contribution in [-0.4, -0.2) is 53.9 Å². The van der Waals surface area contributed by atoms with Crippen LogP contribution in [-0.2, 0) is 30.4 Å². The predicted octanol–water partition coefficient (Wildman–Crippen LogP) is 3.45. The number of thiazole rings is 1. The quantitative estimate of drug-likeness (QED) is 0.290. The highest BCUT2D eigenvalue weighted by Crippen LogP contribution is 2.55. The van der Waals surface area contributed by atoms with Gasteiger partial charge < -0.3 is 14.2 Å². The van der Waals surface area contributed by atoms with Crippen LogP contribution in [0.5, 0.6) is 5.75 Å². The topological polar surface area (TPSA) is 121 Å². The Kier molecular flexibility index (Phi) is 7.81. The van der Waals surface area contributed by atoms with Gasteiger partial charge >= 0.3 is 16.8 Å². The Bertz CT molecular complexity index is 1540. The number of rotatable bonds is 8. The van der Waals surface area contributed by atoms with Gasteiger partial charge in [0.05, 0.1) is 42.5 Å². The van der Waals surface area contributed by atoms with Crippen LogP contribution in [0.4, 0.5) is 5.69 Å². The molecule has 2 amide bonds. The zero-order chi connectivity index (χ0) is 28.6. The first-order chi connectivity index (χ1) is 19.3. The smallest absolute Gasteiger partial charge is 0.338 e. The molecule has 0 radical (unpaired) electrons. The van der Waals surface area contributed by atoms with Crippen molar-refractivity contribution in [1.29, 1.82) is 0 Å². The van der Waals surface area contributed by atoms with Crippen molar-refractivity contribution in [3.05, 3.63) is 74.2 Å². The van der Waals surface area contributed by atoms with Crippen molar-refractivity contribution in [2.24, 2.45) is 5.92 Å². The number of thioether (sulfide) groups is 1. The minimum Gasteiger partial charge on any atom is -0.496 e. The van der Waals surface area contributed by atoms with Crippen molar-refractivity contribution in [3.8, 4) is 5.75 Å². The van der Waals surface area contributed by atoms with E-state index in [2.05, 4.69) is 0 Å². The van der Waals surface area contributed by atoms with Gasteiger partial charge in [0.25, 0.3) is 0 Å². The summed E-state index contributed by atoms with van der Waals surface area (Å²) in [6, 6.07) is 13.3. The molecule has 3 unspecified atom stereocenters. The molecule has 208 valence electrons. The fourth-order valence-corrected chi connectivity index (χ4v) is 7.83. The molecule has 1 saturated heterocycles. The molecule has 0 N–H and O–H groups in total. The molecular weight excluding hydrogens is 556 g/mol. The third-order valence-corrected chi connectivity index (χ3v) is 9.36. The van der Waals surface area contributed by atoms with Crippen molar-refractivity contribution in [2.45, 2.75) is 36.6 Å². The Morgan fingerprint density at radius 1 is 0.925 bits per heavy atom. The molecule has 1 fully saturated rings. The van der Waals surface area contributed by atoms with Crippen LogP contribution in [0.1, 0.15) is 40.6 Å². The fraction of sp³-hybridized carbons (Fsp3) is 0.321. The second-order valence-electron chi connectivity index (χ2n) is 8.99. The lowest BCUT2D eigenvalue weighted by atomic mass is 9.82. The summed E-state index contributed by atoms with van der Waals surface area (Å²) in [6.07, 6.45) is 0. The highest BCUT2D eigenvalue weighted by atomic mass is 32.2. The Morgan fingerprint density at radius 3 is 2.30 bits per heavy atom. The van der Waals surface area contributed by atoms with Crippen LogP contribution in [0.15, 0.2) is 58.4 Å². The monoisotopic (exact) mass is 582 g/mol. The molecule has 2 aliphatic rings. The van der Waals surface area contributed by atoms with Gasteiger partial charge in [-0.15, -0.1) is 0 Å². The van der Waals surface area contributed by atoms with Gasteiger partial charge in [-0.2, -0.15) is 0 Å². The van der Waals surface area contributed by atoms with Crippen LogP contribution >= 0.6 is 23.1 Å². The number of benzene rings is 2. The minimum atomic E-state index is -0.859. The SMILES string of the molecule is CCOC(=O)Cn1c2c(sc1=O)C(c1ccccc1OC)C1C(=O)N(c3ccc(C(=O)OCC)cc3)C(=O)C1S2. The number of nitrogens with zero attached hydrogens (tertiary/aromatic N) is 2. The zero-order valence-electron chi connectivity index (χ0n) is 21.9. The number of imide groups is 1. The number of carbonyl (C=O) groups is 4. The normalized spacial score (nSPS) is 19.7. The highest BCUT2D eigenvalue weighted by Gasteiger charge is 2.57. The second kappa shape index (κ2) is 11.3. The maximum atomic E-state index is 14.0. The Morgan fingerprint density at radius 2 is 1.62 bits per heavy atom. The van der Waals surface area contributed by atoms with Gasteiger partial charge in [0.1, 0.15) is 17.5 Å². The van der Waals surface area contributed by atoms with Gasteiger partial charge in [0, 0.05) is 16.4 Å². The van der Waals surface area contributed by atoms with Gasteiger partial charge in [-0.25, -0.2) is 9.69 Å². The molecule has 5 rings (SSSR count). The molecule has 0 aliphatic carbocycles. The van der Waals surface area contributed by atoms with E-state index in [-0.39, 0.29) is 24.6 Å². The number of ether oxygens (including phenoxy) is 3. The predicted molar refractivity (Wildman–Crippen MR) is 148 cm³/mol. The van der Waals surface area contributed by atoms with E-state index in [1.54, 1.807) is 32.0 Å². The number of amides is 2. The van der Waals surface area contributed by atoms with Crippen LogP contribution in [0, 0.1) is 5.92 Å². The van der Waals surface area contributed by atoms with Crippen LogP contribution < -0.4 is 14.5 Å². The number of fused-ring (bicyclic) bond motifs is 2. The average Bonchev–Trinajstić information content (AvgIpc) is 3.39. The molecule has 0 spiro atoms. The molecule has 0 bridgehead atoms. The van der Waals surface area contributed by atoms with Crippen molar-refractivity contribution in [3.63, 3.8) is 0 Å². The van der Waals surface area contributed by atoms with E-state index < -0.39 is 40.8 Å². The van der Waals surface area contributed by atoms with E-state index in [1.165, 1.54) is 35.9 Å². The molecule has 12 heteroatoms. The lowest BCUT2D eigenvalue weighted by molar-refractivity contribution is -0.144. The number of carbonyl (C=O) groups excluding carboxylic acids is 4. The summed E-state index contributed by atoms with van der Waals surface area (Å²) >= 11 is 2.06. The fourth-order valence-electron chi connectivity index (χ4n) is 5.07. The largest absolute Gasteiger partial charge is 0.496 e. The summed E-state index contributed by atoms with van der Waals surface area (Å²) in [5.41, 5.74) is 1.28. The van der Waals surface area contributed by atoms with E-state index in [1.807, 2.05) is 6.07 Å². The van der Waals surface area contributed by atoms with Crippen LogP contribution in [0.2, 0.25) is 0 Å². The second-order valence-corrected chi connectivity index (χ2v) is 11.1. The average molecular weight is 583 g/mol. The molecule has 10 nitrogen and oxygen atoms in total. The summed E-state index contributed by atoms with van der Waals surface area (Å²) in [7, 11) is 1.52. The standard InChI is InChI=1S/C28H26N2O8S2/c1-4-37-19(31)14-29-26-23(40-28(29)35)20(17-8-6-7-9-18(17)36-3)21-22(39-26)25(33)30(24(21)32)16-12-10-15(11-13-16)27(34)38-5-2/h6-13,20-22H,4-5,14H2,1-3H3. The number of anilines is 1. The number of esters is 2. The van der Waals surface area contributed by atoms with Gasteiger partial charge in [0.2, 0.25) is 11.8 Å². The van der Waals surface area contributed by atoms with Gasteiger partial charge in [0.15, 0.2) is 0 Å². The van der Waals surface area contributed by atoms with Gasteiger partial charge in [-0.3, -0.25) is 23.7 Å². The van der Waals surface area contributed by atoms with E-state index in [0.29, 0.717) is 32.5 Å². The number of methoxy groups -OCH3 is 1. The zero-order valence-corrected chi connectivity index (χ0v) is 23.6. The van der Waals surface area contributed by atoms with Crippen molar-refractivity contribution in [2.75, 3.05) is 25.2 Å². The molecule has 2 aromatic carbocycles. The summed E-state index contributed by atoms with van der Waals surface area (Å²) in [5.74, 6) is -2.93. The molecular formula is C28H26N2O8S2. The maximum Gasteiger partial charge on any atom is 0.338 e. The number of para-hydroxylation sites is 1. The van der Waals surface area contributed by atoms with E-state index in [0.717, 1.165) is 28.0 Å². The first-order valence-electron chi connectivity index (χ1n) is 12.6. The van der Waals surface area contributed by atoms with Crippen LogP contribution in [0.25, 0.3) is 0 Å². The first-order valence-corrected chi connectivity index (χ1v) is 14.3. The van der Waals surface area contributed by atoms with E-state index in [9.17, 15) is 24.0 Å². The molecule has 3 aromatic rings. The Hall–Kier alpha value is -3.90. The van der Waals surface area contributed by atoms with E-state index in [4.69, 9.17) is 14.2 Å². The van der Waals surface area contributed by atoms with Gasteiger partial charge in [-0.1, -0.05) is 41.3 Å². The number of hydrogen-bond donors (Lipinski definition) is 0. The lowest BCUT2D eigenvalue weighted by Crippen LogP contribution is -2.33. The molecule has 1 aromatic heterocycles. The lowest BCUT2D eigenvalue weighted by Gasteiger charge is -2.31. The highest BCUT2D eigenvalue weighted by molar-refractivity contribution is 8.00. The summed E-state index contributed by atoms with van der Waals surface area (Å²) in [6.45, 7) is 3.47. The minimum absolute atomic E-state index is 0.165. The molecule has 0 saturated carbocycles. The van der Waals surface area contributed by atoms with Crippen molar-refractivity contribution < 1.29 is 33.4 Å². The molecule has 40 heavy (non-hydrogen) atoms. The van der Waals surface area contributed by atoms with Crippen molar-refractivity contribution in [1.82, 2.24) is 4.57 Å². The Labute approximate surface area is 237 Å². The maximum absolute atomic E-state index is 14.0. The number of aromatic nitrogens is 1. The van der Waals surface area contributed by atoms with E-state index >= 15 is 0 Å². The third kappa shape index (κ3) is 4.71. The van der Waals surface area contributed by atoms with Crippen molar-refractivity contribution >= 4 is 52.5 Å². The first kappa shape index (κ1) is 27.7. The number of hydrogen-bond acceptors (Lipinski definition) is 10. The third-order valence-electron chi connectivity index (χ3n) is 6.75. The van der Waals surface area contributed by atoms with Gasteiger partial charge in [-0.05, 0) is 44.2 Å².